The topological polar surface area (TPSA) is 44.5 Å². The summed E-state index contributed by atoms with van der Waals surface area (Å²) in [6.45, 7) is 0.610. The summed E-state index contributed by atoms with van der Waals surface area (Å²) < 4.78 is 10.6. The summed E-state index contributed by atoms with van der Waals surface area (Å²) in [5.41, 5.74) is 6.91. The van der Waals surface area contributed by atoms with E-state index in [4.69, 9.17) is 15.2 Å². The second-order valence-corrected chi connectivity index (χ2v) is 3.25. The van der Waals surface area contributed by atoms with E-state index in [1.807, 2.05) is 18.2 Å². The Morgan fingerprint density at radius 1 is 1.54 bits per heavy atom. The lowest BCUT2D eigenvalue weighted by Crippen LogP contribution is -2.33. The molecule has 0 aliphatic carbocycles. The van der Waals surface area contributed by atoms with Crippen molar-refractivity contribution in [2.45, 2.75) is 12.5 Å². The van der Waals surface area contributed by atoms with Gasteiger partial charge < -0.3 is 15.2 Å². The van der Waals surface area contributed by atoms with E-state index in [9.17, 15) is 0 Å². The number of nitrogens with two attached hydrogens (primary N) is 1. The molecular weight excluding hydrogens is 166 g/mol. The van der Waals surface area contributed by atoms with Gasteiger partial charge in [0.05, 0.1) is 7.11 Å². The number of benzene rings is 1. The molecule has 0 spiro atoms. The number of hydrogen-bond donors (Lipinski definition) is 1. The Morgan fingerprint density at radius 3 is 3.15 bits per heavy atom. The van der Waals surface area contributed by atoms with E-state index in [2.05, 4.69) is 0 Å². The van der Waals surface area contributed by atoms with Gasteiger partial charge in [-0.1, -0.05) is 0 Å². The predicted octanol–water partition coefficient (Wildman–Crippen LogP) is 0.957. The van der Waals surface area contributed by atoms with Gasteiger partial charge in [-0.25, -0.2) is 0 Å². The van der Waals surface area contributed by atoms with Crippen LogP contribution in [0, 0.1) is 0 Å². The highest BCUT2D eigenvalue weighted by atomic mass is 16.5. The smallest absolute Gasteiger partial charge is 0.122 e. The molecule has 1 aliphatic heterocycles. The van der Waals surface area contributed by atoms with Crippen LogP contribution in [0.15, 0.2) is 18.2 Å². The lowest BCUT2D eigenvalue weighted by atomic mass is 10.0. The average Bonchev–Trinajstić information content (AvgIpc) is 2.16. The van der Waals surface area contributed by atoms with E-state index in [0.29, 0.717) is 6.61 Å². The maximum absolute atomic E-state index is 5.78. The molecular formula is C10H13NO2. The van der Waals surface area contributed by atoms with Crippen LogP contribution in [0.2, 0.25) is 0 Å². The van der Waals surface area contributed by atoms with Crippen molar-refractivity contribution in [2.24, 2.45) is 5.73 Å². The van der Waals surface area contributed by atoms with Crippen LogP contribution in [0.5, 0.6) is 11.5 Å². The van der Waals surface area contributed by atoms with Crippen molar-refractivity contribution in [3.63, 3.8) is 0 Å². The fourth-order valence-corrected chi connectivity index (χ4v) is 1.52. The van der Waals surface area contributed by atoms with E-state index in [0.717, 1.165) is 23.5 Å². The number of rotatable bonds is 1. The second kappa shape index (κ2) is 3.26. The highest BCUT2D eigenvalue weighted by molar-refractivity contribution is 5.41. The lowest BCUT2D eigenvalue weighted by Gasteiger charge is -2.22. The van der Waals surface area contributed by atoms with Crippen LogP contribution < -0.4 is 15.2 Å². The van der Waals surface area contributed by atoms with Crippen molar-refractivity contribution in [3.05, 3.63) is 23.8 Å². The van der Waals surface area contributed by atoms with Gasteiger partial charge in [-0.15, -0.1) is 0 Å². The highest BCUT2D eigenvalue weighted by Crippen LogP contribution is 2.27. The number of fused-ring (bicyclic) bond motifs is 1. The molecule has 70 valence electrons. The van der Waals surface area contributed by atoms with Gasteiger partial charge in [0, 0.05) is 6.04 Å². The third-order valence-corrected chi connectivity index (χ3v) is 2.20. The van der Waals surface area contributed by atoms with Gasteiger partial charge in [-0.05, 0) is 30.2 Å². The van der Waals surface area contributed by atoms with Crippen molar-refractivity contribution in [2.75, 3.05) is 13.7 Å². The molecule has 2 rings (SSSR count). The van der Waals surface area contributed by atoms with Crippen molar-refractivity contribution < 1.29 is 9.47 Å². The highest BCUT2D eigenvalue weighted by Gasteiger charge is 2.16. The molecule has 3 nitrogen and oxygen atoms in total. The molecule has 13 heavy (non-hydrogen) atoms. The molecule has 0 bridgehead atoms. The molecule has 1 aromatic rings. The lowest BCUT2D eigenvalue weighted by molar-refractivity contribution is 0.262. The Labute approximate surface area is 77.5 Å². The first-order chi connectivity index (χ1) is 6.29. The third kappa shape index (κ3) is 1.60. The van der Waals surface area contributed by atoms with Crippen LogP contribution in [-0.4, -0.2) is 19.8 Å². The van der Waals surface area contributed by atoms with E-state index in [-0.39, 0.29) is 6.04 Å². The van der Waals surface area contributed by atoms with E-state index in [1.165, 1.54) is 0 Å². The minimum atomic E-state index is 0.111. The summed E-state index contributed by atoms with van der Waals surface area (Å²) >= 11 is 0. The van der Waals surface area contributed by atoms with E-state index >= 15 is 0 Å². The fourth-order valence-electron chi connectivity index (χ4n) is 1.52. The quantitative estimate of drug-likeness (QED) is 0.698. The van der Waals surface area contributed by atoms with Crippen LogP contribution in [0.25, 0.3) is 0 Å². The molecule has 0 saturated heterocycles. The van der Waals surface area contributed by atoms with Crippen LogP contribution in [0.4, 0.5) is 0 Å². The van der Waals surface area contributed by atoms with Gasteiger partial charge in [-0.2, -0.15) is 0 Å². The monoisotopic (exact) mass is 179 g/mol. The van der Waals surface area contributed by atoms with Crippen molar-refractivity contribution in [1.29, 1.82) is 0 Å². The molecule has 1 aromatic carbocycles. The van der Waals surface area contributed by atoms with E-state index in [1.54, 1.807) is 7.11 Å². The standard InChI is InChI=1S/C10H13NO2/c1-12-9-2-3-10-7(5-9)4-8(11)6-13-10/h2-3,5,8H,4,6,11H2,1H3. The molecule has 0 aromatic heterocycles. The summed E-state index contributed by atoms with van der Waals surface area (Å²) in [6, 6.07) is 5.92. The molecule has 0 amide bonds. The number of methoxy groups -OCH3 is 1. The zero-order valence-corrected chi connectivity index (χ0v) is 7.62. The second-order valence-electron chi connectivity index (χ2n) is 3.25. The first kappa shape index (κ1) is 8.38. The SMILES string of the molecule is COc1ccc2c(c1)CC(N)CO2. The summed E-state index contributed by atoms with van der Waals surface area (Å²) in [4.78, 5) is 0. The molecule has 3 heteroatoms. The zero-order chi connectivity index (χ0) is 9.26. The Kier molecular flexibility index (Phi) is 2.10. The predicted molar refractivity (Wildman–Crippen MR) is 50.2 cm³/mol. The summed E-state index contributed by atoms with van der Waals surface area (Å²) in [5, 5.41) is 0. The maximum atomic E-state index is 5.78. The Morgan fingerprint density at radius 2 is 2.38 bits per heavy atom. The van der Waals surface area contributed by atoms with Gasteiger partial charge in [0.1, 0.15) is 18.1 Å². The van der Waals surface area contributed by atoms with Gasteiger partial charge in [0.25, 0.3) is 0 Å². The molecule has 2 N–H and O–H groups in total. The zero-order valence-electron chi connectivity index (χ0n) is 7.62. The van der Waals surface area contributed by atoms with Crippen LogP contribution in [0.3, 0.4) is 0 Å². The molecule has 0 fully saturated rings. The van der Waals surface area contributed by atoms with Gasteiger partial charge in [0.2, 0.25) is 0 Å². The Bertz CT molecular complexity index is 312. The molecule has 0 saturated carbocycles. The van der Waals surface area contributed by atoms with Crippen LogP contribution in [0.1, 0.15) is 5.56 Å². The fraction of sp³-hybridized carbons (Fsp3) is 0.400. The first-order valence-corrected chi connectivity index (χ1v) is 4.35. The average molecular weight is 179 g/mol. The normalized spacial score (nSPS) is 20.3. The summed E-state index contributed by atoms with van der Waals surface area (Å²) in [7, 11) is 1.66. The molecule has 1 unspecified atom stereocenters. The molecule has 1 heterocycles. The number of ether oxygens (including phenoxy) is 2. The minimum absolute atomic E-state index is 0.111. The van der Waals surface area contributed by atoms with Gasteiger partial charge in [-0.3, -0.25) is 0 Å². The molecule has 1 aliphatic rings. The largest absolute Gasteiger partial charge is 0.497 e. The van der Waals surface area contributed by atoms with E-state index < -0.39 is 0 Å². The van der Waals surface area contributed by atoms with Crippen LogP contribution in [-0.2, 0) is 6.42 Å². The first-order valence-electron chi connectivity index (χ1n) is 4.35. The molecule has 1 atom stereocenters. The van der Waals surface area contributed by atoms with Crippen molar-refractivity contribution in [1.82, 2.24) is 0 Å². The van der Waals surface area contributed by atoms with Crippen LogP contribution >= 0.6 is 0 Å². The maximum Gasteiger partial charge on any atom is 0.122 e. The third-order valence-electron chi connectivity index (χ3n) is 2.20. The van der Waals surface area contributed by atoms with Gasteiger partial charge >= 0.3 is 0 Å². The Hall–Kier alpha value is -1.22. The Balaban J connectivity index is 2.32. The van der Waals surface area contributed by atoms with Crippen molar-refractivity contribution in [3.8, 4) is 11.5 Å². The minimum Gasteiger partial charge on any atom is -0.497 e. The van der Waals surface area contributed by atoms with Gasteiger partial charge in [0.15, 0.2) is 0 Å². The summed E-state index contributed by atoms with van der Waals surface area (Å²) in [5.74, 6) is 1.79. The summed E-state index contributed by atoms with van der Waals surface area (Å²) in [6.07, 6.45) is 0.868. The molecule has 0 radical (unpaired) electrons. The number of hydrogen-bond acceptors (Lipinski definition) is 3. The van der Waals surface area contributed by atoms with Crippen molar-refractivity contribution >= 4 is 0 Å².